The minimum absolute atomic E-state index is 0.0428. The molecule has 0 aromatic carbocycles. The molecule has 4 aliphatic rings. The summed E-state index contributed by atoms with van der Waals surface area (Å²) in [4.78, 5) is 38.2. The molecule has 0 saturated heterocycles. The highest BCUT2D eigenvalue weighted by atomic mass is 16.5. The van der Waals surface area contributed by atoms with Gasteiger partial charge in [-0.05, 0) is 48.3 Å². The van der Waals surface area contributed by atoms with Crippen molar-refractivity contribution in [2.24, 2.45) is 39.4 Å². The van der Waals surface area contributed by atoms with Crippen molar-refractivity contribution in [3.05, 3.63) is 11.6 Å². The predicted octanol–water partition coefficient (Wildman–Crippen LogP) is 4.12. The summed E-state index contributed by atoms with van der Waals surface area (Å²) in [7, 11) is 0. The van der Waals surface area contributed by atoms with Crippen molar-refractivity contribution in [2.75, 3.05) is 6.61 Å². The minimum Gasteiger partial charge on any atom is -0.462 e. The molecule has 4 rings (SSSR count). The second kappa shape index (κ2) is 5.33. The van der Waals surface area contributed by atoms with Gasteiger partial charge in [0.25, 0.3) is 0 Å². The van der Waals surface area contributed by atoms with Crippen LogP contribution in [0.15, 0.2) is 11.6 Å². The van der Waals surface area contributed by atoms with Crippen molar-refractivity contribution in [1.29, 1.82) is 0 Å². The molecule has 0 aromatic rings. The first kappa shape index (κ1) is 18.9. The average Bonchev–Trinajstić information content (AvgIpc) is 3.06. The third-order valence-electron chi connectivity index (χ3n) is 9.71. The summed E-state index contributed by atoms with van der Waals surface area (Å²) < 4.78 is 5.52. The molecule has 0 spiro atoms. The summed E-state index contributed by atoms with van der Waals surface area (Å²) >= 11 is 0. The van der Waals surface area contributed by atoms with Gasteiger partial charge in [0, 0.05) is 22.5 Å². The maximum atomic E-state index is 12.9. The van der Waals surface area contributed by atoms with E-state index in [4.69, 9.17) is 4.74 Å². The van der Waals surface area contributed by atoms with Crippen LogP contribution in [0.3, 0.4) is 0 Å². The molecule has 4 aliphatic carbocycles. The van der Waals surface area contributed by atoms with Crippen LogP contribution in [0.2, 0.25) is 0 Å². The number of allylic oxidation sites excluding steroid dienone is 1. The number of carbonyl (C=O) groups excluding carboxylic acids is 3. The minimum atomic E-state index is -0.469. The van der Waals surface area contributed by atoms with Crippen molar-refractivity contribution in [1.82, 2.24) is 0 Å². The average molecular weight is 373 g/mol. The van der Waals surface area contributed by atoms with Gasteiger partial charge in [-0.2, -0.15) is 0 Å². The van der Waals surface area contributed by atoms with Gasteiger partial charge in [-0.3, -0.25) is 9.59 Å². The molecular weight excluding hydrogens is 340 g/mol. The summed E-state index contributed by atoms with van der Waals surface area (Å²) in [6.07, 6.45) is 5.21. The van der Waals surface area contributed by atoms with Crippen molar-refractivity contribution >= 4 is 17.5 Å². The van der Waals surface area contributed by atoms with Crippen LogP contribution in [0, 0.1) is 39.4 Å². The lowest BCUT2D eigenvalue weighted by atomic mass is 9.70. The first-order chi connectivity index (χ1) is 12.4. The number of fused-ring (bicyclic) bond motifs is 4. The molecule has 5 unspecified atom stereocenters. The summed E-state index contributed by atoms with van der Waals surface area (Å²) in [6, 6.07) is 0. The van der Waals surface area contributed by atoms with Crippen molar-refractivity contribution in [3.63, 3.8) is 0 Å². The molecule has 0 heterocycles. The van der Waals surface area contributed by atoms with Gasteiger partial charge in [0.2, 0.25) is 0 Å². The smallest absolute Gasteiger partial charge is 0.331 e. The van der Waals surface area contributed by atoms with Crippen molar-refractivity contribution in [2.45, 2.75) is 67.2 Å². The maximum absolute atomic E-state index is 12.9. The Kier molecular flexibility index (Phi) is 3.73. The molecule has 4 nitrogen and oxygen atoms in total. The zero-order valence-corrected chi connectivity index (χ0v) is 17.5. The molecule has 27 heavy (non-hydrogen) atoms. The number of rotatable bonds is 3. The fourth-order valence-corrected chi connectivity index (χ4v) is 6.90. The summed E-state index contributed by atoms with van der Waals surface area (Å²) in [5, 5.41) is 0. The molecule has 0 N–H and O–H groups in total. The molecule has 0 aromatic heterocycles. The largest absolute Gasteiger partial charge is 0.462 e. The van der Waals surface area contributed by atoms with Gasteiger partial charge in [0.1, 0.15) is 12.4 Å². The van der Waals surface area contributed by atoms with E-state index in [0.717, 1.165) is 25.7 Å². The standard InChI is InChI=1S/C23H32O4/c1-20(2)15-7-9-22(20,5)18(25)13(15)11-17(24)27-12-14-16-8-10-23(6,19(14)26)21(16,3)4/h11,14-16H,7-10,12H2,1-6H3. The third-order valence-corrected chi connectivity index (χ3v) is 9.71. The highest BCUT2D eigenvalue weighted by Crippen LogP contribution is 2.66. The second-order valence-corrected chi connectivity index (χ2v) is 10.9. The van der Waals surface area contributed by atoms with Crippen LogP contribution in [0.1, 0.15) is 67.2 Å². The number of hydrogen-bond donors (Lipinski definition) is 0. The quantitative estimate of drug-likeness (QED) is 0.552. The number of hydrogen-bond acceptors (Lipinski definition) is 4. The SMILES string of the molecule is CC12CCC(C(=CC(=O)OCC3C(=O)C4(C)CCC3C4(C)C)C1=O)C2(C)C. The van der Waals surface area contributed by atoms with Crippen molar-refractivity contribution in [3.8, 4) is 0 Å². The van der Waals surface area contributed by atoms with Crippen LogP contribution >= 0.6 is 0 Å². The topological polar surface area (TPSA) is 60.4 Å². The van der Waals surface area contributed by atoms with E-state index >= 15 is 0 Å². The molecule has 4 saturated carbocycles. The molecular formula is C23H32O4. The number of carbonyl (C=O) groups is 3. The van der Waals surface area contributed by atoms with Gasteiger partial charge in [-0.15, -0.1) is 0 Å². The van der Waals surface area contributed by atoms with Crippen LogP contribution in [-0.4, -0.2) is 24.1 Å². The van der Waals surface area contributed by atoms with E-state index in [1.807, 2.05) is 6.92 Å². The Morgan fingerprint density at radius 1 is 1.00 bits per heavy atom. The van der Waals surface area contributed by atoms with Crippen LogP contribution in [0.4, 0.5) is 0 Å². The Labute approximate surface area is 162 Å². The van der Waals surface area contributed by atoms with Crippen LogP contribution < -0.4 is 0 Å². The second-order valence-electron chi connectivity index (χ2n) is 10.9. The Morgan fingerprint density at radius 2 is 1.63 bits per heavy atom. The first-order valence-electron chi connectivity index (χ1n) is 10.4. The van der Waals surface area contributed by atoms with E-state index in [2.05, 4.69) is 34.6 Å². The predicted molar refractivity (Wildman–Crippen MR) is 102 cm³/mol. The van der Waals surface area contributed by atoms with E-state index in [-0.39, 0.29) is 57.6 Å². The monoisotopic (exact) mass is 372 g/mol. The molecule has 0 radical (unpaired) electrons. The first-order valence-corrected chi connectivity index (χ1v) is 10.4. The molecule has 4 bridgehead atoms. The molecule has 148 valence electrons. The van der Waals surface area contributed by atoms with E-state index in [1.165, 1.54) is 6.08 Å². The number of esters is 1. The maximum Gasteiger partial charge on any atom is 0.331 e. The number of ether oxygens (including phenoxy) is 1. The Bertz CT molecular complexity index is 773. The van der Waals surface area contributed by atoms with Crippen molar-refractivity contribution < 1.29 is 19.1 Å². The number of ketones is 2. The van der Waals surface area contributed by atoms with Gasteiger partial charge < -0.3 is 4.74 Å². The zero-order valence-electron chi connectivity index (χ0n) is 17.5. The van der Waals surface area contributed by atoms with Gasteiger partial charge in [-0.25, -0.2) is 4.79 Å². The Morgan fingerprint density at radius 3 is 2.15 bits per heavy atom. The van der Waals surface area contributed by atoms with Gasteiger partial charge in [0.05, 0.1) is 5.92 Å². The Balaban J connectivity index is 1.47. The fraction of sp³-hybridized carbons (Fsp3) is 0.783. The molecule has 5 atom stereocenters. The molecule has 4 fully saturated rings. The van der Waals surface area contributed by atoms with Crippen LogP contribution in [-0.2, 0) is 19.1 Å². The molecule has 0 aliphatic heterocycles. The molecule has 0 amide bonds. The Hall–Kier alpha value is -1.45. The normalized spacial score (nSPS) is 45.1. The highest BCUT2D eigenvalue weighted by Gasteiger charge is 2.66. The van der Waals surface area contributed by atoms with Gasteiger partial charge >= 0.3 is 5.97 Å². The summed E-state index contributed by atoms with van der Waals surface area (Å²) in [6.45, 7) is 12.8. The van der Waals surface area contributed by atoms with Crippen LogP contribution in [0.25, 0.3) is 0 Å². The van der Waals surface area contributed by atoms with E-state index < -0.39 is 5.97 Å². The van der Waals surface area contributed by atoms with E-state index in [0.29, 0.717) is 5.57 Å². The number of Topliss-reactive ketones (excluding diaryl/α,β-unsaturated/α-hetero) is 2. The fourth-order valence-electron chi connectivity index (χ4n) is 6.90. The van der Waals surface area contributed by atoms with Gasteiger partial charge in [0.15, 0.2) is 5.78 Å². The highest BCUT2D eigenvalue weighted by molar-refractivity contribution is 6.08. The van der Waals surface area contributed by atoms with E-state index in [9.17, 15) is 14.4 Å². The molecule has 4 heteroatoms. The lowest BCUT2D eigenvalue weighted by molar-refractivity contribution is -0.143. The summed E-state index contributed by atoms with van der Waals surface area (Å²) in [5.41, 5.74) is -0.200. The summed E-state index contributed by atoms with van der Waals surface area (Å²) in [5.74, 6) is 0.0794. The lowest BCUT2D eigenvalue weighted by Gasteiger charge is -2.32. The lowest BCUT2D eigenvalue weighted by Crippen LogP contribution is -2.34. The zero-order chi connectivity index (χ0) is 20.0. The van der Waals surface area contributed by atoms with E-state index in [1.54, 1.807) is 0 Å². The van der Waals surface area contributed by atoms with Crippen LogP contribution in [0.5, 0.6) is 0 Å². The van der Waals surface area contributed by atoms with Gasteiger partial charge in [-0.1, -0.05) is 41.5 Å². The third kappa shape index (κ3) is 2.08.